The molecule has 0 unspecified atom stereocenters. The summed E-state index contributed by atoms with van der Waals surface area (Å²) in [5.74, 6) is 0. The number of aromatic nitrogens is 2. The topological polar surface area (TPSA) is 76.0 Å². The summed E-state index contributed by atoms with van der Waals surface area (Å²) >= 11 is 2.09. The van der Waals surface area contributed by atoms with Gasteiger partial charge in [-0.15, -0.1) is 0 Å². The van der Waals surface area contributed by atoms with Crippen molar-refractivity contribution in [2.24, 2.45) is 0 Å². The predicted octanol–water partition coefficient (Wildman–Crippen LogP) is 1.51. The Morgan fingerprint density at radius 1 is 1.35 bits per heavy atom. The average Bonchev–Trinajstić information content (AvgIpc) is 2.88. The summed E-state index contributed by atoms with van der Waals surface area (Å²) in [5.41, 5.74) is 0.566. The normalized spacial score (nSPS) is 11.5. The molecular formula is C12H15IN4O2S. The monoisotopic (exact) mass is 406 g/mol. The lowest BCUT2D eigenvalue weighted by atomic mass is 10.3. The smallest absolute Gasteiger partial charge is 0.265 e. The Bertz CT molecular complexity index is 684. The Balaban J connectivity index is 2.18. The van der Waals surface area contributed by atoms with Crippen molar-refractivity contribution < 1.29 is 8.42 Å². The highest BCUT2D eigenvalue weighted by atomic mass is 127. The van der Waals surface area contributed by atoms with Crippen LogP contribution in [0.5, 0.6) is 0 Å². The molecule has 108 valence electrons. The van der Waals surface area contributed by atoms with Crippen molar-refractivity contribution >= 4 is 38.3 Å². The van der Waals surface area contributed by atoms with Crippen LogP contribution in [0.15, 0.2) is 41.6 Å². The van der Waals surface area contributed by atoms with Crippen LogP contribution >= 0.6 is 22.6 Å². The zero-order valence-electron chi connectivity index (χ0n) is 10.9. The van der Waals surface area contributed by atoms with E-state index in [-0.39, 0.29) is 4.90 Å². The van der Waals surface area contributed by atoms with Gasteiger partial charge in [0.15, 0.2) is 0 Å². The van der Waals surface area contributed by atoms with Crippen LogP contribution in [0.25, 0.3) is 0 Å². The Hall–Kier alpha value is -1.13. The highest BCUT2D eigenvalue weighted by Gasteiger charge is 2.17. The molecule has 2 aromatic rings. The van der Waals surface area contributed by atoms with Crippen LogP contribution in [-0.4, -0.2) is 31.8 Å². The van der Waals surface area contributed by atoms with E-state index in [2.05, 4.69) is 37.7 Å². The van der Waals surface area contributed by atoms with Crippen LogP contribution < -0.4 is 10.0 Å². The fraction of sp³-hybridized carbons (Fsp3) is 0.250. The minimum Gasteiger partial charge on any atom is -0.318 e. The van der Waals surface area contributed by atoms with Gasteiger partial charge in [0, 0.05) is 16.3 Å². The number of nitrogens with zero attached hydrogens (tertiary/aromatic N) is 2. The zero-order valence-corrected chi connectivity index (χ0v) is 13.8. The van der Waals surface area contributed by atoms with Gasteiger partial charge in [-0.2, -0.15) is 5.10 Å². The molecule has 0 saturated carbocycles. The molecule has 0 amide bonds. The van der Waals surface area contributed by atoms with Crippen molar-refractivity contribution in [2.45, 2.75) is 11.4 Å². The number of likely N-dealkylation sites (N-methyl/N-ethyl adjacent to an activating group) is 1. The third-order valence-corrected chi connectivity index (χ3v) is 4.89. The quantitative estimate of drug-likeness (QED) is 0.714. The highest BCUT2D eigenvalue weighted by molar-refractivity contribution is 14.1. The molecule has 1 aromatic carbocycles. The van der Waals surface area contributed by atoms with Crippen LogP contribution in [0.2, 0.25) is 0 Å². The number of para-hydroxylation sites is 1. The second-order valence-electron chi connectivity index (χ2n) is 4.13. The lowest BCUT2D eigenvalue weighted by Gasteiger charge is -2.07. The van der Waals surface area contributed by atoms with E-state index in [1.54, 1.807) is 16.8 Å². The largest absolute Gasteiger partial charge is 0.318 e. The maximum atomic E-state index is 12.3. The second kappa shape index (κ2) is 6.55. The molecule has 0 atom stereocenters. The molecule has 8 heteroatoms. The molecule has 0 spiro atoms. The van der Waals surface area contributed by atoms with Crippen molar-refractivity contribution in [1.82, 2.24) is 15.1 Å². The van der Waals surface area contributed by atoms with Crippen molar-refractivity contribution in [3.05, 3.63) is 40.2 Å². The van der Waals surface area contributed by atoms with Gasteiger partial charge in [-0.1, -0.05) is 12.1 Å². The molecule has 2 N–H and O–H groups in total. The third-order valence-electron chi connectivity index (χ3n) is 2.63. The number of hydrogen-bond acceptors (Lipinski definition) is 4. The molecule has 0 saturated heterocycles. The van der Waals surface area contributed by atoms with Crippen molar-refractivity contribution in [3.63, 3.8) is 0 Å². The van der Waals surface area contributed by atoms with Crippen molar-refractivity contribution in [2.75, 3.05) is 18.3 Å². The average molecular weight is 406 g/mol. The molecule has 0 bridgehead atoms. The van der Waals surface area contributed by atoms with E-state index in [9.17, 15) is 8.42 Å². The summed E-state index contributed by atoms with van der Waals surface area (Å²) in [5, 5.41) is 7.02. The fourth-order valence-corrected chi connectivity index (χ4v) is 3.32. The van der Waals surface area contributed by atoms with Gasteiger partial charge in [-0.25, -0.2) is 8.42 Å². The number of benzene rings is 1. The van der Waals surface area contributed by atoms with Gasteiger partial charge in [-0.3, -0.25) is 9.40 Å². The van der Waals surface area contributed by atoms with Crippen LogP contribution in [0, 0.1) is 3.57 Å². The van der Waals surface area contributed by atoms with Gasteiger partial charge in [-0.05, 0) is 41.8 Å². The Kier molecular flexibility index (Phi) is 5.00. The number of hydrogen-bond donors (Lipinski definition) is 2. The van der Waals surface area contributed by atoms with E-state index >= 15 is 0 Å². The lowest BCUT2D eigenvalue weighted by molar-refractivity contribution is 0.582. The molecule has 1 aromatic heterocycles. The number of sulfonamides is 1. The molecule has 0 radical (unpaired) electrons. The minimum atomic E-state index is -3.60. The van der Waals surface area contributed by atoms with E-state index in [0.717, 1.165) is 10.1 Å². The van der Waals surface area contributed by atoms with E-state index < -0.39 is 10.0 Å². The summed E-state index contributed by atoms with van der Waals surface area (Å²) in [6, 6.07) is 7.21. The summed E-state index contributed by atoms with van der Waals surface area (Å²) in [6.07, 6.45) is 2.88. The predicted molar refractivity (Wildman–Crippen MR) is 86.1 cm³/mol. The lowest BCUT2D eigenvalue weighted by Crippen LogP contribution is -2.15. The summed E-state index contributed by atoms with van der Waals surface area (Å²) in [7, 11) is -1.77. The van der Waals surface area contributed by atoms with E-state index in [1.165, 1.54) is 12.4 Å². The summed E-state index contributed by atoms with van der Waals surface area (Å²) < 4.78 is 29.5. The number of rotatable bonds is 6. The summed E-state index contributed by atoms with van der Waals surface area (Å²) in [4.78, 5) is 0.160. The van der Waals surface area contributed by atoms with Crippen molar-refractivity contribution in [1.29, 1.82) is 0 Å². The van der Waals surface area contributed by atoms with Gasteiger partial charge in [0.2, 0.25) is 0 Å². The number of anilines is 1. The van der Waals surface area contributed by atoms with E-state index in [4.69, 9.17) is 0 Å². The standard InChI is InChI=1S/C12H15IN4O2S/c1-14-6-7-17-9-10(8-15-17)20(18,19)16-12-5-3-2-4-11(12)13/h2-5,8-9,14,16H,6-7H2,1H3. The Morgan fingerprint density at radius 2 is 2.10 bits per heavy atom. The Labute approximate surface area is 131 Å². The molecule has 0 aliphatic carbocycles. The third kappa shape index (κ3) is 3.70. The van der Waals surface area contributed by atoms with Gasteiger partial charge in [0.05, 0.1) is 18.4 Å². The van der Waals surface area contributed by atoms with Gasteiger partial charge < -0.3 is 5.32 Å². The van der Waals surface area contributed by atoms with Crippen LogP contribution in [-0.2, 0) is 16.6 Å². The first-order chi connectivity index (χ1) is 9.53. The maximum absolute atomic E-state index is 12.3. The van der Waals surface area contributed by atoms with Crippen molar-refractivity contribution in [3.8, 4) is 0 Å². The maximum Gasteiger partial charge on any atom is 0.265 e. The molecule has 1 heterocycles. The fourth-order valence-electron chi connectivity index (χ4n) is 1.58. The Morgan fingerprint density at radius 3 is 2.80 bits per heavy atom. The van der Waals surface area contributed by atoms with Crippen LogP contribution in [0.1, 0.15) is 0 Å². The molecule has 0 aliphatic rings. The van der Waals surface area contributed by atoms with E-state index in [1.807, 2.05) is 19.2 Å². The first-order valence-electron chi connectivity index (χ1n) is 5.97. The first-order valence-corrected chi connectivity index (χ1v) is 8.53. The first kappa shape index (κ1) is 15.3. The minimum absolute atomic E-state index is 0.160. The molecule has 0 fully saturated rings. The van der Waals surface area contributed by atoms with Gasteiger partial charge in [0.1, 0.15) is 4.90 Å². The van der Waals surface area contributed by atoms with Gasteiger partial charge in [0.25, 0.3) is 10.0 Å². The summed E-state index contributed by atoms with van der Waals surface area (Å²) in [6.45, 7) is 1.35. The SMILES string of the molecule is CNCCn1cc(S(=O)(=O)Nc2ccccc2I)cn1. The molecule has 2 rings (SSSR count). The molecule has 0 aliphatic heterocycles. The molecular weight excluding hydrogens is 391 g/mol. The van der Waals surface area contributed by atoms with Crippen LogP contribution in [0.4, 0.5) is 5.69 Å². The second-order valence-corrected chi connectivity index (χ2v) is 6.97. The van der Waals surface area contributed by atoms with Crippen LogP contribution in [0.3, 0.4) is 0 Å². The highest BCUT2D eigenvalue weighted by Crippen LogP contribution is 2.21. The zero-order chi connectivity index (χ0) is 14.6. The molecule has 20 heavy (non-hydrogen) atoms. The molecule has 6 nitrogen and oxygen atoms in total. The van der Waals surface area contributed by atoms with E-state index in [0.29, 0.717) is 12.2 Å². The number of nitrogens with one attached hydrogen (secondary N) is 2. The number of halogens is 1. The van der Waals surface area contributed by atoms with Gasteiger partial charge >= 0.3 is 0 Å².